The number of imidazole rings is 1. The average Bonchev–Trinajstić information content (AvgIpc) is 3.24. The Morgan fingerprint density at radius 3 is 3.00 bits per heavy atom. The fourth-order valence-corrected chi connectivity index (χ4v) is 2.58. The fourth-order valence-electron chi connectivity index (χ4n) is 2.58. The average molecular weight is 264 g/mol. The van der Waals surface area contributed by atoms with E-state index < -0.39 is 0 Å². The molecule has 2 aromatic heterocycles. The summed E-state index contributed by atoms with van der Waals surface area (Å²) in [7, 11) is 0. The molecule has 0 unspecified atom stereocenters. The number of rotatable bonds is 3. The predicted octanol–water partition coefficient (Wildman–Crippen LogP) is 3.82. The van der Waals surface area contributed by atoms with Gasteiger partial charge in [0.2, 0.25) is 5.95 Å². The molecule has 100 valence electrons. The number of nitrogens with zero attached hydrogens (tertiary/aromatic N) is 3. The van der Waals surface area contributed by atoms with Gasteiger partial charge in [0.15, 0.2) is 0 Å². The smallest absolute Gasteiger partial charge is 0.207 e. The number of nitrogens with one attached hydrogen (secondary N) is 1. The van der Waals surface area contributed by atoms with Crippen LogP contribution in [0.15, 0.2) is 42.9 Å². The first kappa shape index (κ1) is 11.5. The number of aryl methyl sites for hydroxylation is 1. The lowest BCUT2D eigenvalue weighted by Crippen LogP contribution is -2.01. The Balaban J connectivity index is 1.77. The van der Waals surface area contributed by atoms with Crippen molar-refractivity contribution in [3.8, 4) is 0 Å². The Labute approximate surface area is 117 Å². The largest absolute Gasteiger partial charge is 0.325 e. The number of anilines is 2. The van der Waals surface area contributed by atoms with Crippen molar-refractivity contribution in [2.24, 2.45) is 0 Å². The molecule has 1 fully saturated rings. The van der Waals surface area contributed by atoms with Crippen molar-refractivity contribution in [2.75, 3.05) is 5.32 Å². The summed E-state index contributed by atoms with van der Waals surface area (Å²) in [6.07, 6.45) is 8.35. The van der Waals surface area contributed by atoms with E-state index in [9.17, 15) is 0 Å². The van der Waals surface area contributed by atoms with E-state index in [-0.39, 0.29) is 0 Å². The fraction of sp³-hybridized carbons (Fsp3) is 0.250. The minimum atomic E-state index is 0.617. The summed E-state index contributed by atoms with van der Waals surface area (Å²) in [6, 6.07) is 8.87. The van der Waals surface area contributed by atoms with Crippen LogP contribution in [0.25, 0.3) is 10.8 Å². The van der Waals surface area contributed by atoms with Crippen molar-refractivity contribution in [1.82, 2.24) is 14.5 Å². The van der Waals surface area contributed by atoms with E-state index in [1.165, 1.54) is 18.2 Å². The van der Waals surface area contributed by atoms with Crippen LogP contribution in [0, 0.1) is 6.92 Å². The van der Waals surface area contributed by atoms with Crippen LogP contribution in [0.3, 0.4) is 0 Å². The molecule has 0 spiro atoms. The number of benzene rings is 1. The van der Waals surface area contributed by atoms with Crippen LogP contribution < -0.4 is 5.32 Å². The van der Waals surface area contributed by atoms with Crippen molar-refractivity contribution in [3.05, 3.63) is 48.5 Å². The molecule has 1 N–H and O–H groups in total. The Hall–Kier alpha value is -2.36. The maximum Gasteiger partial charge on any atom is 0.207 e. The van der Waals surface area contributed by atoms with Crippen LogP contribution in [-0.2, 0) is 0 Å². The molecule has 0 aliphatic heterocycles. The Morgan fingerprint density at radius 1 is 1.25 bits per heavy atom. The van der Waals surface area contributed by atoms with E-state index in [1.54, 1.807) is 0 Å². The standard InChI is InChI=1S/C16H16N4/c1-11-10-20(13-5-6-13)16(18-11)19-15-4-2-3-12-7-8-17-9-14(12)15/h2-4,7-10,13H,5-6H2,1H3,(H,18,19). The SMILES string of the molecule is Cc1cn(C2CC2)c(Nc2cccc3ccncc23)n1. The number of hydrogen-bond acceptors (Lipinski definition) is 3. The van der Waals surface area contributed by atoms with E-state index >= 15 is 0 Å². The van der Waals surface area contributed by atoms with Crippen molar-refractivity contribution in [3.63, 3.8) is 0 Å². The van der Waals surface area contributed by atoms with E-state index in [1.807, 2.05) is 25.4 Å². The molecule has 4 rings (SSSR count). The number of fused-ring (bicyclic) bond motifs is 1. The first-order chi connectivity index (χ1) is 9.81. The molecule has 4 heteroatoms. The van der Waals surface area contributed by atoms with Crippen LogP contribution in [0.1, 0.15) is 24.6 Å². The van der Waals surface area contributed by atoms with Gasteiger partial charge in [0, 0.05) is 30.0 Å². The van der Waals surface area contributed by atoms with Gasteiger partial charge in [-0.3, -0.25) is 4.98 Å². The van der Waals surface area contributed by atoms with Gasteiger partial charge in [0.1, 0.15) is 0 Å². The zero-order chi connectivity index (χ0) is 13.5. The highest BCUT2D eigenvalue weighted by Gasteiger charge is 2.26. The predicted molar refractivity (Wildman–Crippen MR) is 80.3 cm³/mol. The first-order valence-corrected chi connectivity index (χ1v) is 6.96. The number of aromatic nitrogens is 3. The zero-order valence-electron chi connectivity index (χ0n) is 11.4. The van der Waals surface area contributed by atoms with Crippen LogP contribution in [0.5, 0.6) is 0 Å². The molecule has 4 nitrogen and oxygen atoms in total. The topological polar surface area (TPSA) is 42.7 Å². The van der Waals surface area contributed by atoms with Gasteiger partial charge < -0.3 is 9.88 Å². The summed E-state index contributed by atoms with van der Waals surface area (Å²) in [4.78, 5) is 8.83. The van der Waals surface area contributed by atoms with E-state index in [2.05, 4.69) is 44.2 Å². The van der Waals surface area contributed by atoms with E-state index in [0.29, 0.717) is 6.04 Å². The molecular formula is C16H16N4. The van der Waals surface area contributed by atoms with E-state index in [4.69, 9.17) is 0 Å². The molecule has 1 aromatic carbocycles. The summed E-state index contributed by atoms with van der Waals surface area (Å²) in [5.41, 5.74) is 2.11. The second-order valence-electron chi connectivity index (χ2n) is 5.37. The van der Waals surface area contributed by atoms with Crippen LogP contribution >= 0.6 is 0 Å². The zero-order valence-corrected chi connectivity index (χ0v) is 11.4. The molecule has 0 atom stereocenters. The third kappa shape index (κ3) is 1.93. The maximum absolute atomic E-state index is 4.61. The Morgan fingerprint density at radius 2 is 2.15 bits per heavy atom. The second-order valence-corrected chi connectivity index (χ2v) is 5.37. The molecule has 3 aromatic rings. The van der Waals surface area contributed by atoms with Crippen molar-refractivity contribution in [1.29, 1.82) is 0 Å². The molecule has 1 aliphatic rings. The lowest BCUT2D eigenvalue weighted by atomic mass is 10.1. The third-order valence-corrected chi connectivity index (χ3v) is 3.72. The monoisotopic (exact) mass is 264 g/mol. The third-order valence-electron chi connectivity index (χ3n) is 3.72. The van der Waals surface area contributed by atoms with Gasteiger partial charge in [-0.1, -0.05) is 12.1 Å². The quantitative estimate of drug-likeness (QED) is 0.782. The van der Waals surface area contributed by atoms with E-state index in [0.717, 1.165) is 22.7 Å². The lowest BCUT2D eigenvalue weighted by Gasteiger charge is -2.10. The number of hydrogen-bond donors (Lipinski definition) is 1. The van der Waals surface area contributed by atoms with Gasteiger partial charge in [-0.25, -0.2) is 4.98 Å². The molecule has 0 saturated heterocycles. The van der Waals surface area contributed by atoms with Crippen LogP contribution in [-0.4, -0.2) is 14.5 Å². The van der Waals surface area contributed by atoms with Gasteiger partial charge >= 0.3 is 0 Å². The summed E-state index contributed by atoms with van der Waals surface area (Å²) < 4.78 is 2.25. The summed E-state index contributed by atoms with van der Waals surface area (Å²) >= 11 is 0. The highest BCUT2D eigenvalue weighted by Crippen LogP contribution is 2.38. The molecule has 1 aliphatic carbocycles. The normalized spacial score (nSPS) is 14.7. The number of pyridine rings is 1. The highest BCUT2D eigenvalue weighted by atomic mass is 15.2. The minimum Gasteiger partial charge on any atom is -0.325 e. The van der Waals surface area contributed by atoms with Gasteiger partial charge in [0.05, 0.1) is 11.4 Å². The first-order valence-electron chi connectivity index (χ1n) is 6.96. The van der Waals surface area contributed by atoms with Crippen LogP contribution in [0.4, 0.5) is 11.6 Å². The van der Waals surface area contributed by atoms with Gasteiger partial charge in [-0.2, -0.15) is 0 Å². The molecule has 0 radical (unpaired) electrons. The summed E-state index contributed by atoms with van der Waals surface area (Å²) in [5, 5.41) is 5.78. The molecule has 2 heterocycles. The molecular weight excluding hydrogens is 248 g/mol. The summed E-state index contributed by atoms with van der Waals surface area (Å²) in [5.74, 6) is 0.932. The lowest BCUT2D eigenvalue weighted by molar-refractivity contribution is 0.750. The second kappa shape index (κ2) is 4.34. The van der Waals surface area contributed by atoms with Crippen LogP contribution in [0.2, 0.25) is 0 Å². The molecule has 0 amide bonds. The Kier molecular flexibility index (Phi) is 2.49. The molecule has 0 bridgehead atoms. The van der Waals surface area contributed by atoms with Crippen molar-refractivity contribution >= 4 is 22.4 Å². The highest BCUT2D eigenvalue weighted by molar-refractivity contribution is 5.94. The summed E-state index contributed by atoms with van der Waals surface area (Å²) in [6.45, 7) is 2.04. The molecule has 20 heavy (non-hydrogen) atoms. The van der Waals surface area contributed by atoms with Gasteiger partial charge in [0.25, 0.3) is 0 Å². The minimum absolute atomic E-state index is 0.617. The van der Waals surface area contributed by atoms with Gasteiger partial charge in [-0.15, -0.1) is 0 Å². The Bertz CT molecular complexity index is 766. The maximum atomic E-state index is 4.61. The van der Waals surface area contributed by atoms with Crippen molar-refractivity contribution < 1.29 is 0 Å². The van der Waals surface area contributed by atoms with Crippen molar-refractivity contribution in [2.45, 2.75) is 25.8 Å². The molecule has 1 saturated carbocycles. The van der Waals surface area contributed by atoms with Gasteiger partial charge in [-0.05, 0) is 37.3 Å².